The van der Waals surface area contributed by atoms with Crippen molar-refractivity contribution >= 4 is 38.8 Å². The number of hydrogen-bond acceptors (Lipinski definition) is 3. The van der Waals surface area contributed by atoms with Crippen molar-refractivity contribution in [2.45, 2.75) is 12.8 Å². The van der Waals surface area contributed by atoms with Gasteiger partial charge in [-0.2, -0.15) is 0 Å². The lowest BCUT2D eigenvalue weighted by molar-refractivity contribution is 0.0965. The highest BCUT2D eigenvalue weighted by atomic mass is 35.5. The van der Waals surface area contributed by atoms with Crippen LogP contribution in [-0.4, -0.2) is 25.7 Å². The first-order chi connectivity index (χ1) is 8.37. The molecule has 1 aliphatic heterocycles. The van der Waals surface area contributed by atoms with E-state index in [1.54, 1.807) is 12.1 Å². The van der Waals surface area contributed by atoms with E-state index in [4.69, 9.17) is 23.2 Å². The summed E-state index contributed by atoms with van der Waals surface area (Å²) < 4.78 is 22.6. The van der Waals surface area contributed by atoms with Crippen LogP contribution in [0, 0.1) is 5.92 Å². The third-order valence-electron chi connectivity index (χ3n) is 3.04. The topological polar surface area (TPSA) is 51.2 Å². The van der Waals surface area contributed by atoms with Crippen molar-refractivity contribution < 1.29 is 13.2 Å². The van der Waals surface area contributed by atoms with Crippen molar-refractivity contribution in [2.24, 2.45) is 5.92 Å². The molecule has 0 radical (unpaired) electrons. The van der Waals surface area contributed by atoms with E-state index in [2.05, 4.69) is 0 Å². The average Bonchev–Trinajstić information content (AvgIpc) is 2.62. The lowest BCUT2D eigenvalue weighted by Gasteiger charge is -2.07. The molecule has 1 aromatic carbocycles. The Labute approximate surface area is 116 Å². The third kappa shape index (κ3) is 3.25. The zero-order valence-corrected chi connectivity index (χ0v) is 11.9. The summed E-state index contributed by atoms with van der Waals surface area (Å²) in [5, 5.41) is 0.734. The second kappa shape index (κ2) is 5.19. The summed E-state index contributed by atoms with van der Waals surface area (Å²) >= 11 is 11.6. The van der Waals surface area contributed by atoms with E-state index < -0.39 is 9.84 Å². The molecule has 6 heteroatoms. The fourth-order valence-electron chi connectivity index (χ4n) is 2.08. The molecule has 98 valence electrons. The second-order valence-corrected chi connectivity index (χ2v) is 7.57. The first-order valence-corrected chi connectivity index (χ1v) is 8.14. The summed E-state index contributed by atoms with van der Waals surface area (Å²) in [7, 11) is -2.94. The van der Waals surface area contributed by atoms with Gasteiger partial charge in [-0.15, -0.1) is 0 Å². The fourth-order valence-corrected chi connectivity index (χ4v) is 4.24. The number of rotatable bonds is 3. The molecule has 1 aliphatic rings. The Bertz CT molecular complexity index is 581. The quantitative estimate of drug-likeness (QED) is 0.807. The van der Waals surface area contributed by atoms with E-state index in [1.165, 1.54) is 6.07 Å². The molecule has 1 unspecified atom stereocenters. The van der Waals surface area contributed by atoms with Crippen LogP contribution in [0.25, 0.3) is 0 Å². The number of ketones is 1. The van der Waals surface area contributed by atoms with Crippen LogP contribution in [0.4, 0.5) is 0 Å². The van der Waals surface area contributed by atoms with Gasteiger partial charge in [0.1, 0.15) is 0 Å². The van der Waals surface area contributed by atoms with Gasteiger partial charge in [-0.05, 0) is 30.5 Å². The summed E-state index contributed by atoms with van der Waals surface area (Å²) in [5.74, 6) is 0.138. The lowest BCUT2D eigenvalue weighted by Crippen LogP contribution is -2.10. The molecular weight excluding hydrogens is 295 g/mol. The van der Waals surface area contributed by atoms with E-state index in [-0.39, 0.29) is 29.6 Å². The van der Waals surface area contributed by atoms with E-state index in [9.17, 15) is 13.2 Å². The number of carbonyl (C=O) groups excluding carboxylic acids is 1. The largest absolute Gasteiger partial charge is 0.294 e. The Morgan fingerprint density at radius 2 is 2.00 bits per heavy atom. The Kier molecular flexibility index (Phi) is 3.99. The van der Waals surface area contributed by atoms with Crippen molar-refractivity contribution in [3.8, 4) is 0 Å². The predicted molar refractivity (Wildman–Crippen MR) is 72.2 cm³/mol. The molecule has 1 saturated heterocycles. The summed E-state index contributed by atoms with van der Waals surface area (Å²) in [6.45, 7) is 0. The number of hydrogen-bond donors (Lipinski definition) is 0. The van der Waals surface area contributed by atoms with Crippen molar-refractivity contribution in [1.82, 2.24) is 0 Å². The van der Waals surface area contributed by atoms with Gasteiger partial charge in [-0.1, -0.05) is 23.2 Å². The van der Waals surface area contributed by atoms with Crippen LogP contribution < -0.4 is 0 Å². The minimum atomic E-state index is -2.94. The summed E-state index contributed by atoms with van der Waals surface area (Å²) in [6, 6.07) is 4.71. The molecule has 1 aromatic rings. The highest BCUT2D eigenvalue weighted by Gasteiger charge is 2.29. The smallest absolute Gasteiger partial charge is 0.163 e. The van der Waals surface area contributed by atoms with Crippen LogP contribution in [0.3, 0.4) is 0 Å². The maximum Gasteiger partial charge on any atom is 0.163 e. The number of Topliss-reactive ketones (excluding diaryl/α,β-unsaturated/α-hetero) is 1. The Balaban J connectivity index is 2.06. The number of benzene rings is 1. The third-order valence-corrected chi connectivity index (χ3v) is 5.62. The van der Waals surface area contributed by atoms with Gasteiger partial charge in [-0.25, -0.2) is 8.42 Å². The van der Waals surface area contributed by atoms with E-state index in [1.807, 2.05) is 0 Å². The van der Waals surface area contributed by atoms with Gasteiger partial charge >= 0.3 is 0 Å². The maximum atomic E-state index is 12.0. The number of sulfone groups is 1. The Morgan fingerprint density at radius 3 is 2.56 bits per heavy atom. The SMILES string of the molecule is O=C(CC1CCS(=O)(=O)C1)c1ccc(Cl)c(Cl)c1. The Morgan fingerprint density at radius 1 is 1.28 bits per heavy atom. The molecule has 1 heterocycles. The van der Waals surface area contributed by atoms with Crippen molar-refractivity contribution in [2.75, 3.05) is 11.5 Å². The molecule has 0 bridgehead atoms. The molecule has 3 nitrogen and oxygen atoms in total. The van der Waals surface area contributed by atoms with Crippen molar-refractivity contribution in [1.29, 1.82) is 0 Å². The zero-order chi connectivity index (χ0) is 13.3. The zero-order valence-electron chi connectivity index (χ0n) is 9.53. The van der Waals surface area contributed by atoms with Gasteiger partial charge < -0.3 is 0 Å². The normalized spacial score (nSPS) is 22.0. The molecule has 18 heavy (non-hydrogen) atoms. The summed E-state index contributed by atoms with van der Waals surface area (Å²) in [5.41, 5.74) is 0.480. The van der Waals surface area contributed by atoms with Gasteiger partial charge in [0.2, 0.25) is 0 Å². The lowest BCUT2D eigenvalue weighted by atomic mass is 9.98. The van der Waals surface area contributed by atoms with Gasteiger partial charge in [0.25, 0.3) is 0 Å². The molecule has 1 atom stereocenters. The molecule has 0 saturated carbocycles. The molecule has 2 rings (SSSR count). The van der Waals surface area contributed by atoms with Gasteiger partial charge in [0.15, 0.2) is 15.6 Å². The van der Waals surface area contributed by atoms with Crippen LogP contribution in [-0.2, 0) is 9.84 Å². The van der Waals surface area contributed by atoms with Gasteiger partial charge in [-0.3, -0.25) is 4.79 Å². The molecule has 0 N–H and O–H groups in total. The minimum absolute atomic E-state index is 0.0723. The molecule has 0 aliphatic carbocycles. The molecular formula is C12H12Cl2O3S. The van der Waals surface area contributed by atoms with Crippen molar-refractivity contribution in [3.05, 3.63) is 33.8 Å². The van der Waals surface area contributed by atoms with Crippen LogP contribution in [0.2, 0.25) is 10.0 Å². The minimum Gasteiger partial charge on any atom is -0.294 e. The van der Waals surface area contributed by atoms with Crippen LogP contribution in [0.5, 0.6) is 0 Å². The maximum absolute atomic E-state index is 12.0. The first-order valence-electron chi connectivity index (χ1n) is 5.56. The molecule has 0 spiro atoms. The van der Waals surface area contributed by atoms with Crippen LogP contribution >= 0.6 is 23.2 Å². The molecule has 1 fully saturated rings. The number of halogens is 2. The summed E-state index contributed by atoms with van der Waals surface area (Å²) in [4.78, 5) is 12.0. The average molecular weight is 307 g/mol. The molecule has 0 amide bonds. The number of carbonyl (C=O) groups is 1. The van der Waals surface area contributed by atoms with Crippen LogP contribution in [0.15, 0.2) is 18.2 Å². The standard InChI is InChI=1S/C12H12Cl2O3S/c13-10-2-1-9(6-11(10)14)12(15)5-8-3-4-18(16,17)7-8/h1-2,6,8H,3-5,7H2. The van der Waals surface area contributed by atoms with Gasteiger partial charge in [0.05, 0.1) is 21.6 Å². The monoisotopic (exact) mass is 306 g/mol. The van der Waals surface area contributed by atoms with E-state index in [0.717, 1.165) is 0 Å². The Hall–Kier alpha value is -0.580. The first kappa shape index (κ1) is 13.8. The van der Waals surface area contributed by atoms with Crippen LogP contribution in [0.1, 0.15) is 23.2 Å². The summed E-state index contributed by atoms with van der Waals surface area (Å²) in [6.07, 6.45) is 0.812. The second-order valence-electron chi connectivity index (χ2n) is 4.53. The van der Waals surface area contributed by atoms with E-state index >= 15 is 0 Å². The van der Waals surface area contributed by atoms with Gasteiger partial charge in [0, 0.05) is 12.0 Å². The highest BCUT2D eigenvalue weighted by Crippen LogP contribution is 2.26. The highest BCUT2D eigenvalue weighted by molar-refractivity contribution is 7.91. The van der Waals surface area contributed by atoms with E-state index in [0.29, 0.717) is 22.0 Å². The molecule has 0 aromatic heterocycles. The van der Waals surface area contributed by atoms with Crippen molar-refractivity contribution in [3.63, 3.8) is 0 Å². The fraction of sp³-hybridized carbons (Fsp3) is 0.417. The predicted octanol–water partition coefficient (Wildman–Crippen LogP) is 3.00.